The van der Waals surface area contributed by atoms with Crippen LogP contribution in [0.1, 0.15) is 11.1 Å². The zero-order chi connectivity index (χ0) is 10.7. The first-order chi connectivity index (χ1) is 6.50. The van der Waals surface area contributed by atoms with Gasteiger partial charge in [0.25, 0.3) is 0 Å². The fraction of sp³-hybridized carbons (Fsp3) is 0.100. The summed E-state index contributed by atoms with van der Waals surface area (Å²) in [5, 5.41) is 8.75. The van der Waals surface area contributed by atoms with Gasteiger partial charge in [0, 0.05) is 16.7 Å². The van der Waals surface area contributed by atoms with Crippen LogP contribution in [0, 0.1) is 12.7 Å². The Hall–Kier alpha value is -1.35. The molecule has 1 rings (SSSR count). The molecule has 0 spiro atoms. The number of hydrogen-bond donors (Lipinski definition) is 1. The third-order valence-corrected chi connectivity index (χ3v) is 1.87. The van der Waals surface area contributed by atoms with Gasteiger partial charge in [0.1, 0.15) is 5.82 Å². The Labute approximate surface area is 85.6 Å². The van der Waals surface area contributed by atoms with Crippen LogP contribution in [0.15, 0.2) is 18.2 Å². The highest BCUT2D eigenvalue weighted by Gasteiger charge is 2.04. The van der Waals surface area contributed by atoms with E-state index in [0.717, 1.165) is 6.08 Å². The second-order valence-corrected chi connectivity index (χ2v) is 3.23. The van der Waals surface area contributed by atoms with Crippen molar-refractivity contribution in [2.75, 3.05) is 0 Å². The van der Waals surface area contributed by atoms with Crippen LogP contribution >= 0.6 is 11.6 Å². The zero-order valence-corrected chi connectivity index (χ0v) is 8.18. The molecule has 0 aliphatic heterocycles. The van der Waals surface area contributed by atoms with Gasteiger partial charge in [-0.05, 0) is 30.7 Å². The van der Waals surface area contributed by atoms with Crippen molar-refractivity contribution in [1.82, 2.24) is 0 Å². The smallest absolute Gasteiger partial charge is 0.328 e. The lowest BCUT2D eigenvalue weighted by Gasteiger charge is -2.01. The topological polar surface area (TPSA) is 37.3 Å². The van der Waals surface area contributed by atoms with Crippen LogP contribution in [-0.4, -0.2) is 11.1 Å². The molecule has 0 aliphatic carbocycles. The van der Waals surface area contributed by atoms with Crippen molar-refractivity contribution in [3.63, 3.8) is 0 Å². The standard InChI is InChI=1S/C10H8ClFO2/c1-6-4-8(11)5-7(10(6)12)2-3-9(13)14/h2-5H,1H3,(H,13,14)/b3-2+. The van der Waals surface area contributed by atoms with Crippen LogP contribution in [-0.2, 0) is 4.79 Å². The van der Waals surface area contributed by atoms with Gasteiger partial charge < -0.3 is 5.11 Å². The summed E-state index contributed by atoms with van der Waals surface area (Å²) in [4.78, 5) is 10.2. The van der Waals surface area contributed by atoms with Gasteiger partial charge in [0.05, 0.1) is 0 Å². The van der Waals surface area contributed by atoms with Crippen molar-refractivity contribution in [2.45, 2.75) is 6.92 Å². The molecule has 0 saturated carbocycles. The molecule has 0 fully saturated rings. The Morgan fingerprint density at radius 2 is 2.21 bits per heavy atom. The van der Waals surface area contributed by atoms with Gasteiger partial charge in [-0.25, -0.2) is 9.18 Å². The number of carboxylic acid groups (broad SMARTS) is 1. The van der Waals surface area contributed by atoms with E-state index in [1.807, 2.05) is 0 Å². The van der Waals surface area contributed by atoms with Gasteiger partial charge >= 0.3 is 5.97 Å². The third-order valence-electron chi connectivity index (χ3n) is 1.65. The lowest BCUT2D eigenvalue weighted by molar-refractivity contribution is -0.131. The van der Waals surface area contributed by atoms with Crippen LogP contribution < -0.4 is 0 Å². The van der Waals surface area contributed by atoms with E-state index in [1.165, 1.54) is 18.2 Å². The van der Waals surface area contributed by atoms with E-state index in [1.54, 1.807) is 6.92 Å². The number of carbonyl (C=O) groups is 1. The van der Waals surface area contributed by atoms with E-state index in [4.69, 9.17) is 16.7 Å². The Bertz CT molecular complexity index is 399. The van der Waals surface area contributed by atoms with Crippen molar-refractivity contribution < 1.29 is 14.3 Å². The molecule has 0 aromatic heterocycles. The highest BCUT2D eigenvalue weighted by Crippen LogP contribution is 2.20. The monoisotopic (exact) mass is 214 g/mol. The second-order valence-electron chi connectivity index (χ2n) is 2.80. The van der Waals surface area contributed by atoms with Gasteiger partial charge in [-0.3, -0.25) is 0 Å². The molecule has 0 atom stereocenters. The molecule has 4 heteroatoms. The highest BCUT2D eigenvalue weighted by molar-refractivity contribution is 6.30. The van der Waals surface area contributed by atoms with Crippen LogP contribution in [0.25, 0.3) is 6.08 Å². The first-order valence-electron chi connectivity index (χ1n) is 3.87. The molecule has 0 amide bonds. The molecule has 2 nitrogen and oxygen atoms in total. The summed E-state index contributed by atoms with van der Waals surface area (Å²) in [7, 11) is 0. The number of halogens is 2. The molecule has 74 valence electrons. The largest absolute Gasteiger partial charge is 0.478 e. The summed E-state index contributed by atoms with van der Waals surface area (Å²) in [5.74, 6) is -1.58. The Balaban J connectivity index is 3.14. The summed E-state index contributed by atoms with van der Waals surface area (Å²) < 4.78 is 13.3. The first kappa shape index (κ1) is 10.7. The number of benzene rings is 1. The van der Waals surface area contributed by atoms with Gasteiger partial charge in [-0.15, -0.1) is 0 Å². The van der Waals surface area contributed by atoms with Crippen LogP contribution in [0.3, 0.4) is 0 Å². The molecular weight excluding hydrogens is 207 g/mol. The van der Waals surface area contributed by atoms with E-state index in [9.17, 15) is 9.18 Å². The second kappa shape index (κ2) is 4.24. The van der Waals surface area contributed by atoms with Crippen molar-refractivity contribution in [2.24, 2.45) is 0 Å². The molecule has 0 bridgehead atoms. The van der Waals surface area contributed by atoms with Crippen LogP contribution in [0.2, 0.25) is 5.02 Å². The minimum absolute atomic E-state index is 0.178. The van der Waals surface area contributed by atoms with Gasteiger partial charge in [0.2, 0.25) is 0 Å². The molecule has 0 saturated heterocycles. The summed E-state index contributed by atoms with van der Waals surface area (Å²) in [6.07, 6.45) is 2.05. The maximum atomic E-state index is 13.3. The van der Waals surface area contributed by atoms with Gasteiger partial charge in [-0.1, -0.05) is 11.6 Å². The minimum atomic E-state index is -1.12. The Morgan fingerprint density at radius 3 is 2.79 bits per heavy atom. The molecule has 14 heavy (non-hydrogen) atoms. The van der Waals surface area contributed by atoms with Gasteiger partial charge in [0.15, 0.2) is 0 Å². The quantitative estimate of drug-likeness (QED) is 0.769. The summed E-state index contributed by atoms with van der Waals surface area (Å²) in [5.41, 5.74) is 0.569. The van der Waals surface area contributed by atoms with E-state index < -0.39 is 11.8 Å². The van der Waals surface area contributed by atoms with Crippen LogP contribution in [0.4, 0.5) is 4.39 Å². The average molecular weight is 215 g/mol. The molecule has 0 heterocycles. The molecule has 0 radical (unpaired) electrons. The normalized spacial score (nSPS) is 10.8. The average Bonchev–Trinajstić information content (AvgIpc) is 2.08. The van der Waals surface area contributed by atoms with E-state index in [2.05, 4.69) is 0 Å². The summed E-state index contributed by atoms with van der Waals surface area (Å²) in [6.45, 7) is 1.57. The van der Waals surface area contributed by atoms with E-state index in [-0.39, 0.29) is 5.56 Å². The molecule has 0 unspecified atom stereocenters. The highest BCUT2D eigenvalue weighted by atomic mass is 35.5. The molecule has 1 aromatic rings. The lowest BCUT2D eigenvalue weighted by Crippen LogP contribution is -1.90. The van der Waals surface area contributed by atoms with E-state index >= 15 is 0 Å². The zero-order valence-electron chi connectivity index (χ0n) is 7.42. The molecular formula is C10H8ClFO2. The molecule has 1 N–H and O–H groups in total. The minimum Gasteiger partial charge on any atom is -0.478 e. The maximum absolute atomic E-state index is 13.3. The van der Waals surface area contributed by atoms with E-state index in [0.29, 0.717) is 10.6 Å². The fourth-order valence-corrected chi connectivity index (χ4v) is 1.32. The summed E-state index contributed by atoms with van der Waals surface area (Å²) >= 11 is 5.69. The predicted molar refractivity (Wildman–Crippen MR) is 52.8 cm³/mol. The first-order valence-corrected chi connectivity index (χ1v) is 4.25. The van der Waals surface area contributed by atoms with Crippen molar-refractivity contribution in [3.05, 3.63) is 40.2 Å². The number of aryl methyl sites for hydroxylation is 1. The fourth-order valence-electron chi connectivity index (χ4n) is 1.03. The number of rotatable bonds is 2. The maximum Gasteiger partial charge on any atom is 0.328 e. The molecule has 0 aliphatic rings. The van der Waals surface area contributed by atoms with Crippen molar-refractivity contribution >= 4 is 23.6 Å². The predicted octanol–water partition coefficient (Wildman–Crippen LogP) is 2.89. The van der Waals surface area contributed by atoms with Gasteiger partial charge in [-0.2, -0.15) is 0 Å². The van der Waals surface area contributed by atoms with Crippen molar-refractivity contribution in [3.8, 4) is 0 Å². The number of carboxylic acids is 1. The third kappa shape index (κ3) is 2.57. The Morgan fingerprint density at radius 1 is 1.57 bits per heavy atom. The van der Waals surface area contributed by atoms with Crippen LogP contribution in [0.5, 0.6) is 0 Å². The van der Waals surface area contributed by atoms with Crippen molar-refractivity contribution in [1.29, 1.82) is 0 Å². The SMILES string of the molecule is Cc1cc(Cl)cc(/C=C/C(=O)O)c1F. The molecule has 1 aromatic carbocycles. The number of aliphatic carboxylic acids is 1. The Kier molecular flexibility index (Phi) is 3.25. The number of hydrogen-bond acceptors (Lipinski definition) is 1. The lowest BCUT2D eigenvalue weighted by atomic mass is 10.1. The summed E-state index contributed by atoms with van der Waals surface area (Å²) in [6, 6.07) is 2.86.